The summed E-state index contributed by atoms with van der Waals surface area (Å²) in [5, 5.41) is 3.42. The number of hydrogen-bond donors (Lipinski definition) is 1. The minimum absolute atomic E-state index is 0.436. The summed E-state index contributed by atoms with van der Waals surface area (Å²) >= 11 is 0. The van der Waals surface area contributed by atoms with E-state index in [-0.39, 0.29) is 0 Å². The Kier molecular flexibility index (Phi) is 3.69. The number of nitrogens with zero attached hydrogens (tertiary/aromatic N) is 2. The van der Waals surface area contributed by atoms with Gasteiger partial charge in [0.25, 0.3) is 0 Å². The number of pyridine rings is 1. The average molecular weight is 205 g/mol. The standard InChI is InChI=1S/C12H19N3/c1-11(12-5-2-3-7-14-12)15-9-4-6-13-8-10-15/h2-3,5,7,11,13H,4,6,8-10H2,1H3. The molecule has 1 unspecified atom stereocenters. The highest BCUT2D eigenvalue weighted by atomic mass is 15.2. The third kappa shape index (κ3) is 2.76. The second-order valence-electron chi connectivity index (χ2n) is 4.07. The third-order valence-electron chi connectivity index (χ3n) is 3.04. The van der Waals surface area contributed by atoms with Crippen LogP contribution in [0.4, 0.5) is 0 Å². The molecule has 0 bridgehead atoms. The van der Waals surface area contributed by atoms with Crippen molar-refractivity contribution in [1.29, 1.82) is 0 Å². The van der Waals surface area contributed by atoms with Crippen LogP contribution in [-0.4, -0.2) is 36.1 Å². The molecule has 2 rings (SSSR count). The Labute approximate surface area is 91.5 Å². The summed E-state index contributed by atoms with van der Waals surface area (Å²) in [6.45, 7) is 6.78. The molecule has 0 spiro atoms. The highest BCUT2D eigenvalue weighted by molar-refractivity contribution is 5.08. The van der Waals surface area contributed by atoms with Crippen LogP contribution in [0.5, 0.6) is 0 Å². The fourth-order valence-corrected chi connectivity index (χ4v) is 2.06. The summed E-state index contributed by atoms with van der Waals surface area (Å²) < 4.78 is 0. The van der Waals surface area contributed by atoms with Gasteiger partial charge in [-0.15, -0.1) is 0 Å². The molecule has 1 aliphatic rings. The van der Waals surface area contributed by atoms with Gasteiger partial charge in [0, 0.05) is 31.9 Å². The van der Waals surface area contributed by atoms with E-state index in [1.807, 2.05) is 12.3 Å². The first-order chi connectivity index (χ1) is 7.38. The van der Waals surface area contributed by atoms with Crippen molar-refractivity contribution in [2.45, 2.75) is 19.4 Å². The van der Waals surface area contributed by atoms with Crippen molar-refractivity contribution >= 4 is 0 Å². The van der Waals surface area contributed by atoms with Crippen LogP contribution in [-0.2, 0) is 0 Å². The second-order valence-corrected chi connectivity index (χ2v) is 4.07. The lowest BCUT2D eigenvalue weighted by Gasteiger charge is -2.26. The summed E-state index contributed by atoms with van der Waals surface area (Å²) in [6.07, 6.45) is 3.11. The van der Waals surface area contributed by atoms with E-state index in [0.29, 0.717) is 6.04 Å². The monoisotopic (exact) mass is 205 g/mol. The van der Waals surface area contributed by atoms with E-state index in [0.717, 1.165) is 19.6 Å². The number of nitrogens with one attached hydrogen (secondary N) is 1. The fraction of sp³-hybridized carbons (Fsp3) is 0.583. The van der Waals surface area contributed by atoms with E-state index in [2.05, 4.69) is 34.3 Å². The molecule has 0 amide bonds. The lowest BCUT2D eigenvalue weighted by molar-refractivity contribution is 0.221. The largest absolute Gasteiger partial charge is 0.315 e. The van der Waals surface area contributed by atoms with Gasteiger partial charge in [-0.2, -0.15) is 0 Å². The van der Waals surface area contributed by atoms with Gasteiger partial charge in [-0.1, -0.05) is 6.07 Å². The SMILES string of the molecule is CC(c1ccccn1)N1CCCNCC1. The van der Waals surface area contributed by atoms with Gasteiger partial charge in [-0.3, -0.25) is 9.88 Å². The number of aromatic nitrogens is 1. The Morgan fingerprint density at radius 2 is 2.27 bits per heavy atom. The van der Waals surface area contributed by atoms with Crippen molar-refractivity contribution in [1.82, 2.24) is 15.2 Å². The Hall–Kier alpha value is -0.930. The van der Waals surface area contributed by atoms with Crippen LogP contribution in [0.15, 0.2) is 24.4 Å². The van der Waals surface area contributed by atoms with Crippen molar-refractivity contribution in [2.75, 3.05) is 26.2 Å². The van der Waals surface area contributed by atoms with Crippen molar-refractivity contribution < 1.29 is 0 Å². The van der Waals surface area contributed by atoms with Gasteiger partial charge >= 0.3 is 0 Å². The summed E-state index contributed by atoms with van der Waals surface area (Å²) in [5.41, 5.74) is 1.18. The molecule has 3 nitrogen and oxygen atoms in total. The molecule has 82 valence electrons. The first-order valence-corrected chi connectivity index (χ1v) is 5.73. The van der Waals surface area contributed by atoms with E-state index in [1.54, 1.807) is 0 Å². The van der Waals surface area contributed by atoms with Crippen molar-refractivity contribution in [2.24, 2.45) is 0 Å². The normalized spacial score (nSPS) is 20.9. The second kappa shape index (κ2) is 5.24. The quantitative estimate of drug-likeness (QED) is 0.792. The predicted molar refractivity (Wildman–Crippen MR) is 61.7 cm³/mol. The molecule has 3 heteroatoms. The molecule has 1 atom stereocenters. The number of hydrogen-bond acceptors (Lipinski definition) is 3. The highest BCUT2D eigenvalue weighted by Crippen LogP contribution is 2.17. The molecule has 1 saturated heterocycles. The van der Waals surface area contributed by atoms with Crippen molar-refractivity contribution in [3.63, 3.8) is 0 Å². The van der Waals surface area contributed by atoms with Crippen LogP contribution >= 0.6 is 0 Å². The zero-order valence-electron chi connectivity index (χ0n) is 9.32. The van der Waals surface area contributed by atoms with Crippen molar-refractivity contribution in [3.8, 4) is 0 Å². The smallest absolute Gasteiger partial charge is 0.0572 e. The first-order valence-electron chi connectivity index (χ1n) is 5.73. The van der Waals surface area contributed by atoms with E-state index in [9.17, 15) is 0 Å². The van der Waals surface area contributed by atoms with Gasteiger partial charge < -0.3 is 5.32 Å². The van der Waals surface area contributed by atoms with Gasteiger partial charge in [-0.05, 0) is 32.0 Å². The minimum Gasteiger partial charge on any atom is -0.315 e. The van der Waals surface area contributed by atoms with Gasteiger partial charge in [-0.25, -0.2) is 0 Å². The van der Waals surface area contributed by atoms with Crippen LogP contribution in [0, 0.1) is 0 Å². The molecule has 0 aromatic carbocycles. The van der Waals surface area contributed by atoms with Crippen LogP contribution in [0.1, 0.15) is 25.1 Å². The molecule has 1 aromatic rings. The summed E-state index contributed by atoms with van der Waals surface area (Å²) in [4.78, 5) is 6.92. The molecule has 2 heterocycles. The summed E-state index contributed by atoms with van der Waals surface area (Å²) in [7, 11) is 0. The Bertz CT molecular complexity index is 278. The van der Waals surface area contributed by atoms with Crippen LogP contribution in [0.2, 0.25) is 0 Å². The van der Waals surface area contributed by atoms with Gasteiger partial charge in [0.1, 0.15) is 0 Å². The molecular weight excluding hydrogens is 186 g/mol. The summed E-state index contributed by atoms with van der Waals surface area (Å²) in [5.74, 6) is 0. The minimum atomic E-state index is 0.436. The topological polar surface area (TPSA) is 28.2 Å². The highest BCUT2D eigenvalue weighted by Gasteiger charge is 2.17. The zero-order valence-corrected chi connectivity index (χ0v) is 9.32. The van der Waals surface area contributed by atoms with E-state index >= 15 is 0 Å². The molecule has 0 saturated carbocycles. The summed E-state index contributed by atoms with van der Waals surface area (Å²) in [6, 6.07) is 6.59. The molecular formula is C12H19N3. The Morgan fingerprint density at radius 3 is 3.07 bits per heavy atom. The third-order valence-corrected chi connectivity index (χ3v) is 3.04. The first kappa shape index (κ1) is 10.6. The zero-order chi connectivity index (χ0) is 10.5. The molecule has 1 fully saturated rings. The van der Waals surface area contributed by atoms with E-state index in [4.69, 9.17) is 0 Å². The van der Waals surface area contributed by atoms with Crippen LogP contribution in [0.3, 0.4) is 0 Å². The molecule has 15 heavy (non-hydrogen) atoms. The molecule has 1 N–H and O–H groups in total. The van der Waals surface area contributed by atoms with E-state index < -0.39 is 0 Å². The van der Waals surface area contributed by atoms with Gasteiger partial charge in [0.2, 0.25) is 0 Å². The Morgan fingerprint density at radius 1 is 1.33 bits per heavy atom. The fourth-order valence-electron chi connectivity index (χ4n) is 2.06. The lowest BCUT2D eigenvalue weighted by Crippen LogP contribution is -2.31. The molecule has 1 aromatic heterocycles. The predicted octanol–water partition coefficient (Wildman–Crippen LogP) is 1.44. The molecule has 0 aliphatic carbocycles. The lowest BCUT2D eigenvalue weighted by atomic mass is 10.2. The van der Waals surface area contributed by atoms with Gasteiger partial charge in [0.15, 0.2) is 0 Å². The average Bonchev–Trinajstić information content (AvgIpc) is 2.58. The Balaban J connectivity index is 2.03. The molecule has 1 aliphatic heterocycles. The van der Waals surface area contributed by atoms with E-state index in [1.165, 1.54) is 18.7 Å². The van der Waals surface area contributed by atoms with Crippen molar-refractivity contribution in [3.05, 3.63) is 30.1 Å². The maximum atomic E-state index is 4.42. The maximum absolute atomic E-state index is 4.42. The maximum Gasteiger partial charge on any atom is 0.0572 e. The molecule has 0 radical (unpaired) electrons. The van der Waals surface area contributed by atoms with Crippen LogP contribution in [0.25, 0.3) is 0 Å². The number of rotatable bonds is 2. The van der Waals surface area contributed by atoms with Crippen LogP contribution < -0.4 is 5.32 Å². The van der Waals surface area contributed by atoms with Gasteiger partial charge in [0.05, 0.1) is 5.69 Å².